The van der Waals surface area contributed by atoms with Gasteiger partial charge in [-0.15, -0.1) is 11.3 Å². The zero-order chi connectivity index (χ0) is 17.6. The fourth-order valence-corrected chi connectivity index (χ4v) is 4.78. The third kappa shape index (κ3) is 2.81. The van der Waals surface area contributed by atoms with E-state index in [0.717, 1.165) is 11.3 Å². The summed E-state index contributed by atoms with van der Waals surface area (Å²) < 4.78 is 11.6. The van der Waals surface area contributed by atoms with Crippen molar-refractivity contribution in [3.05, 3.63) is 34.5 Å². The number of carbonyl (C=O) groups is 2. The molecule has 0 N–H and O–H groups in total. The molecular weight excluding hydrogens is 338 g/mol. The van der Waals surface area contributed by atoms with Crippen molar-refractivity contribution in [2.24, 2.45) is 17.8 Å². The van der Waals surface area contributed by atoms with Crippen LogP contribution in [0.5, 0.6) is 0 Å². The summed E-state index contributed by atoms with van der Waals surface area (Å²) in [4.78, 5) is 28.6. The highest BCUT2D eigenvalue weighted by Gasteiger charge is 2.67. The number of ether oxygens (including phenoxy) is 2. The summed E-state index contributed by atoms with van der Waals surface area (Å²) in [6, 6.07) is 4.01. The molecule has 3 aliphatic heterocycles. The molecule has 2 fully saturated rings. The van der Waals surface area contributed by atoms with Gasteiger partial charge in [0.1, 0.15) is 11.5 Å². The molecule has 5 nitrogen and oxygen atoms in total. The second kappa shape index (κ2) is 6.25. The first-order valence-electron chi connectivity index (χ1n) is 8.85. The van der Waals surface area contributed by atoms with E-state index in [1.54, 1.807) is 11.3 Å². The van der Waals surface area contributed by atoms with Crippen LogP contribution in [0.25, 0.3) is 0 Å². The molecule has 0 aromatic carbocycles. The van der Waals surface area contributed by atoms with Crippen LogP contribution in [0.15, 0.2) is 29.7 Å². The molecule has 1 aromatic heterocycles. The van der Waals surface area contributed by atoms with Gasteiger partial charge >= 0.3 is 5.97 Å². The Balaban J connectivity index is 1.49. The molecular formula is C19H23NO4S. The van der Waals surface area contributed by atoms with E-state index in [2.05, 4.69) is 13.8 Å². The lowest BCUT2D eigenvalue weighted by molar-refractivity contribution is -0.154. The second-order valence-electron chi connectivity index (χ2n) is 7.52. The summed E-state index contributed by atoms with van der Waals surface area (Å²) in [6.45, 7) is 5.67. The van der Waals surface area contributed by atoms with Crippen LogP contribution in [-0.2, 0) is 25.6 Å². The van der Waals surface area contributed by atoms with Gasteiger partial charge in [0.2, 0.25) is 5.91 Å². The van der Waals surface area contributed by atoms with Crippen molar-refractivity contribution >= 4 is 23.2 Å². The second-order valence-corrected chi connectivity index (χ2v) is 8.56. The number of hydrogen-bond acceptors (Lipinski definition) is 5. The van der Waals surface area contributed by atoms with E-state index < -0.39 is 17.4 Å². The Kier molecular flexibility index (Phi) is 4.20. The van der Waals surface area contributed by atoms with Crippen molar-refractivity contribution in [2.45, 2.75) is 38.5 Å². The predicted molar refractivity (Wildman–Crippen MR) is 93.9 cm³/mol. The smallest absolute Gasteiger partial charge is 0.312 e. The molecule has 1 amide bonds. The standard InChI is InChI=1S/C19H23NO4S/c1-12(2)6-8-23-18(22)15-14-5-7-19(24-14)11-20(17(21)16(15)19)10-13-4-3-9-25-13/h3-5,7,9,12,14-16H,6,8,10-11H2,1-2H3/t14-,15+,16+,19+/m1/s1. The molecule has 0 radical (unpaired) electrons. The Bertz CT molecular complexity index is 698. The fraction of sp³-hybridized carbons (Fsp3) is 0.579. The van der Waals surface area contributed by atoms with Gasteiger partial charge in [-0.2, -0.15) is 0 Å². The van der Waals surface area contributed by atoms with Crippen molar-refractivity contribution in [2.75, 3.05) is 13.2 Å². The van der Waals surface area contributed by atoms with Gasteiger partial charge in [0.15, 0.2) is 0 Å². The number of esters is 1. The van der Waals surface area contributed by atoms with E-state index in [1.807, 2.05) is 34.6 Å². The number of rotatable bonds is 6. The van der Waals surface area contributed by atoms with E-state index in [1.165, 1.54) is 0 Å². The minimum absolute atomic E-state index is 0.00561. The van der Waals surface area contributed by atoms with Crippen LogP contribution in [-0.4, -0.2) is 41.6 Å². The Hall–Kier alpha value is -1.66. The Morgan fingerprint density at radius 3 is 3.08 bits per heavy atom. The number of likely N-dealkylation sites (tertiary alicyclic amines) is 1. The van der Waals surface area contributed by atoms with Gasteiger partial charge in [0.25, 0.3) is 0 Å². The minimum Gasteiger partial charge on any atom is -0.465 e. The van der Waals surface area contributed by atoms with E-state index in [0.29, 0.717) is 25.6 Å². The summed E-state index contributed by atoms with van der Waals surface area (Å²) in [7, 11) is 0. The van der Waals surface area contributed by atoms with Crippen molar-refractivity contribution in [1.29, 1.82) is 0 Å². The number of thiophene rings is 1. The summed E-state index contributed by atoms with van der Waals surface area (Å²) in [5.41, 5.74) is -0.652. The summed E-state index contributed by atoms with van der Waals surface area (Å²) in [5, 5.41) is 2.01. The Morgan fingerprint density at radius 2 is 2.36 bits per heavy atom. The van der Waals surface area contributed by atoms with Crippen LogP contribution in [0.2, 0.25) is 0 Å². The van der Waals surface area contributed by atoms with Crippen LogP contribution in [0.3, 0.4) is 0 Å². The largest absolute Gasteiger partial charge is 0.465 e. The highest BCUT2D eigenvalue weighted by molar-refractivity contribution is 7.09. The van der Waals surface area contributed by atoms with E-state index >= 15 is 0 Å². The first-order valence-corrected chi connectivity index (χ1v) is 9.73. The van der Waals surface area contributed by atoms with Crippen molar-refractivity contribution in [3.63, 3.8) is 0 Å². The number of nitrogens with zero attached hydrogens (tertiary/aromatic N) is 1. The summed E-state index contributed by atoms with van der Waals surface area (Å²) in [5.74, 6) is -0.781. The van der Waals surface area contributed by atoms with Gasteiger partial charge in [-0.3, -0.25) is 9.59 Å². The quantitative estimate of drug-likeness (QED) is 0.577. The average molecular weight is 361 g/mol. The minimum atomic E-state index is -0.652. The molecule has 2 saturated heterocycles. The van der Waals surface area contributed by atoms with Gasteiger partial charge in [-0.05, 0) is 23.8 Å². The molecule has 1 spiro atoms. The maximum absolute atomic E-state index is 13.0. The monoisotopic (exact) mass is 361 g/mol. The van der Waals surface area contributed by atoms with Crippen LogP contribution < -0.4 is 0 Å². The lowest BCUT2D eigenvalue weighted by Gasteiger charge is -2.23. The molecule has 4 heterocycles. The number of carbonyl (C=O) groups excluding carboxylic acids is 2. The first kappa shape index (κ1) is 16.8. The summed E-state index contributed by atoms with van der Waals surface area (Å²) in [6.07, 6.45) is 4.40. The van der Waals surface area contributed by atoms with Crippen molar-refractivity contribution < 1.29 is 19.1 Å². The zero-order valence-corrected chi connectivity index (χ0v) is 15.3. The molecule has 6 heteroatoms. The van der Waals surface area contributed by atoms with E-state index in [9.17, 15) is 9.59 Å². The molecule has 2 bridgehead atoms. The Morgan fingerprint density at radius 1 is 1.52 bits per heavy atom. The van der Waals surface area contributed by atoms with Crippen molar-refractivity contribution in [3.8, 4) is 0 Å². The Labute approximate surface area is 151 Å². The molecule has 134 valence electrons. The molecule has 4 atom stereocenters. The van der Waals surface area contributed by atoms with Gasteiger partial charge in [-0.1, -0.05) is 32.1 Å². The molecule has 4 rings (SSSR count). The maximum Gasteiger partial charge on any atom is 0.312 e. The average Bonchev–Trinajstić information content (AvgIpc) is 3.30. The molecule has 25 heavy (non-hydrogen) atoms. The van der Waals surface area contributed by atoms with Crippen LogP contribution in [0, 0.1) is 17.8 Å². The zero-order valence-electron chi connectivity index (χ0n) is 14.5. The highest BCUT2D eigenvalue weighted by Crippen LogP contribution is 2.52. The number of amides is 1. The molecule has 3 aliphatic rings. The molecule has 0 saturated carbocycles. The van der Waals surface area contributed by atoms with Crippen molar-refractivity contribution in [1.82, 2.24) is 4.90 Å². The maximum atomic E-state index is 13.0. The predicted octanol–water partition coefficient (Wildman–Crippen LogP) is 2.62. The highest BCUT2D eigenvalue weighted by atomic mass is 32.1. The topological polar surface area (TPSA) is 55.8 Å². The van der Waals surface area contributed by atoms with Gasteiger partial charge < -0.3 is 14.4 Å². The first-order chi connectivity index (χ1) is 12.0. The van der Waals surface area contributed by atoms with Crippen LogP contribution in [0.1, 0.15) is 25.1 Å². The van der Waals surface area contributed by atoms with Gasteiger partial charge in [-0.25, -0.2) is 0 Å². The third-order valence-corrected chi connectivity index (χ3v) is 6.18. The lowest BCUT2D eigenvalue weighted by Crippen LogP contribution is -2.40. The summed E-state index contributed by atoms with van der Waals surface area (Å²) >= 11 is 1.63. The molecule has 1 aromatic rings. The molecule has 0 aliphatic carbocycles. The normalized spacial score (nSPS) is 32.7. The number of hydrogen-bond donors (Lipinski definition) is 0. The molecule has 0 unspecified atom stereocenters. The van der Waals surface area contributed by atoms with Gasteiger partial charge in [0.05, 0.1) is 31.7 Å². The van der Waals surface area contributed by atoms with Gasteiger partial charge in [0, 0.05) is 4.88 Å². The third-order valence-electron chi connectivity index (χ3n) is 5.32. The van der Waals surface area contributed by atoms with E-state index in [4.69, 9.17) is 9.47 Å². The fourth-order valence-electron chi connectivity index (χ4n) is 4.06. The lowest BCUT2D eigenvalue weighted by atomic mass is 9.77. The SMILES string of the molecule is CC(C)CCOC(=O)[C@@H]1[C@H]2C(=O)N(Cc3cccs3)C[C@@]23C=C[C@H]1O3. The number of fused-ring (bicyclic) bond motifs is 1. The van der Waals surface area contributed by atoms with E-state index in [-0.39, 0.29) is 18.0 Å². The van der Waals surface area contributed by atoms with Crippen LogP contribution >= 0.6 is 11.3 Å². The van der Waals surface area contributed by atoms with Crippen LogP contribution in [0.4, 0.5) is 0 Å².